The lowest BCUT2D eigenvalue weighted by Crippen LogP contribution is -2.29. The second-order valence-corrected chi connectivity index (χ2v) is 4.83. The summed E-state index contributed by atoms with van der Waals surface area (Å²) in [6.45, 7) is 0.852. The molecule has 0 radical (unpaired) electrons. The van der Waals surface area contributed by atoms with Crippen LogP contribution in [0.2, 0.25) is 5.02 Å². The van der Waals surface area contributed by atoms with Crippen LogP contribution in [0.25, 0.3) is 10.6 Å². The molecule has 0 bridgehead atoms. The maximum atomic E-state index is 11.7. The van der Waals surface area contributed by atoms with Gasteiger partial charge in [-0.2, -0.15) is 0 Å². The predicted molar refractivity (Wildman–Crippen MR) is 81.2 cm³/mol. The van der Waals surface area contributed by atoms with E-state index in [9.17, 15) is 4.79 Å². The first-order valence-corrected chi connectivity index (χ1v) is 6.67. The highest BCUT2D eigenvalue weighted by molar-refractivity contribution is 7.13. The van der Waals surface area contributed by atoms with Crippen molar-refractivity contribution in [1.29, 1.82) is 0 Å². The maximum Gasteiger partial charge on any atom is 0.270 e. The first-order chi connectivity index (χ1) is 8.72. The third-order valence-corrected chi connectivity index (χ3v) is 3.48. The minimum Gasteiger partial charge on any atom is -0.349 e. The summed E-state index contributed by atoms with van der Waals surface area (Å²) < 4.78 is 0. The monoisotopic (exact) mass is 317 g/mol. The molecule has 1 heterocycles. The van der Waals surface area contributed by atoms with Crippen LogP contribution in [0.3, 0.4) is 0 Å². The molecule has 0 aliphatic rings. The average Bonchev–Trinajstić information content (AvgIpc) is 2.86. The molecule has 0 unspecified atom stereocenters. The van der Waals surface area contributed by atoms with Crippen LogP contribution in [-0.2, 0) is 0 Å². The lowest BCUT2D eigenvalue weighted by atomic mass is 10.2. The minimum absolute atomic E-state index is 0. The lowest BCUT2D eigenvalue weighted by Gasteiger charge is -2.00. The third-order valence-electron chi connectivity index (χ3n) is 2.27. The van der Waals surface area contributed by atoms with Crippen molar-refractivity contribution < 1.29 is 4.79 Å². The number of nitrogens with zero attached hydrogens (tertiary/aromatic N) is 1. The number of nitrogens with one attached hydrogen (secondary N) is 1. The normalized spacial score (nSPS) is 9.79. The Hall–Kier alpha value is -1.14. The van der Waals surface area contributed by atoms with Gasteiger partial charge in [-0.05, 0) is 6.07 Å². The Morgan fingerprint density at radius 2 is 2.16 bits per heavy atom. The topological polar surface area (TPSA) is 68.0 Å². The molecule has 0 saturated heterocycles. The van der Waals surface area contributed by atoms with Crippen LogP contribution in [0.1, 0.15) is 10.5 Å². The number of hydrogen-bond donors (Lipinski definition) is 2. The largest absolute Gasteiger partial charge is 0.349 e. The maximum absolute atomic E-state index is 11.7. The van der Waals surface area contributed by atoms with Gasteiger partial charge in [0.1, 0.15) is 10.7 Å². The van der Waals surface area contributed by atoms with Crippen molar-refractivity contribution in [2.75, 3.05) is 13.1 Å². The molecule has 7 heteroatoms. The van der Waals surface area contributed by atoms with Gasteiger partial charge in [0.25, 0.3) is 5.91 Å². The number of rotatable bonds is 4. The highest BCUT2D eigenvalue weighted by Crippen LogP contribution is 2.29. The number of carbonyl (C=O) groups excluding carboxylic acids is 1. The number of nitrogens with two attached hydrogens (primary N) is 1. The minimum atomic E-state index is -0.213. The summed E-state index contributed by atoms with van der Waals surface area (Å²) in [7, 11) is 0. The molecule has 2 aromatic rings. The zero-order valence-corrected chi connectivity index (χ0v) is 12.3. The van der Waals surface area contributed by atoms with E-state index >= 15 is 0 Å². The first-order valence-electron chi connectivity index (χ1n) is 5.41. The Bertz CT molecular complexity index is 559. The Morgan fingerprint density at radius 1 is 1.42 bits per heavy atom. The number of amides is 1. The second kappa shape index (κ2) is 7.45. The van der Waals surface area contributed by atoms with Crippen LogP contribution in [0.5, 0.6) is 0 Å². The van der Waals surface area contributed by atoms with Crippen molar-refractivity contribution in [2.24, 2.45) is 5.73 Å². The molecular weight excluding hydrogens is 305 g/mol. The van der Waals surface area contributed by atoms with Crippen molar-refractivity contribution in [3.05, 3.63) is 40.4 Å². The number of hydrogen-bond acceptors (Lipinski definition) is 4. The summed E-state index contributed by atoms with van der Waals surface area (Å²) in [6, 6.07) is 7.42. The highest BCUT2D eigenvalue weighted by Gasteiger charge is 2.12. The van der Waals surface area contributed by atoms with Gasteiger partial charge in [-0.25, -0.2) is 4.98 Å². The quantitative estimate of drug-likeness (QED) is 0.910. The van der Waals surface area contributed by atoms with E-state index in [4.69, 9.17) is 17.3 Å². The molecule has 19 heavy (non-hydrogen) atoms. The second-order valence-electron chi connectivity index (χ2n) is 3.56. The van der Waals surface area contributed by atoms with Crippen LogP contribution in [-0.4, -0.2) is 24.0 Å². The van der Waals surface area contributed by atoms with Crippen molar-refractivity contribution in [3.8, 4) is 10.6 Å². The molecule has 1 amide bonds. The van der Waals surface area contributed by atoms with E-state index in [2.05, 4.69) is 10.3 Å². The summed E-state index contributed by atoms with van der Waals surface area (Å²) in [5.41, 5.74) is 6.55. The number of carbonyl (C=O) groups is 1. The molecule has 102 valence electrons. The smallest absolute Gasteiger partial charge is 0.270 e. The van der Waals surface area contributed by atoms with Crippen molar-refractivity contribution in [2.45, 2.75) is 0 Å². The third kappa shape index (κ3) is 3.91. The summed E-state index contributed by atoms with van der Waals surface area (Å²) in [4.78, 5) is 16.0. The molecule has 0 aliphatic heterocycles. The van der Waals surface area contributed by atoms with Crippen LogP contribution in [0, 0.1) is 0 Å². The Balaban J connectivity index is 0.00000180. The molecule has 0 fully saturated rings. The Morgan fingerprint density at radius 3 is 2.84 bits per heavy atom. The van der Waals surface area contributed by atoms with E-state index in [0.717, 1.165) is 10.6 Å². The molecular formula is C12H13Cl2N3OS. The first kappa shape index (κ1) is 15.9. The highest BCUT2D eigenvalue weighted by atomic mass is 35.5. The molecule has 3 N–H and O–H groups in total. The van der Waals surface area contributed by atoms with Crippen LogP contribution in [0.4, 0.5) is 0 Å². The summed E-state index contributed by atoms with van der Waals surface area (Å²) in [6.07, 6.45) is 0. The molecule has 0 atom stereocenters. The van der Waals surface area contributed by atoms with Crippen molar-refractivity contribution >= 4 is 41.3 Å². The van der Waals surface area contributed by atoms with Gasteiger partial charge < -0.3 is 11.1 Å². The van der Waals surface area contributed by atoms with Gasteiger partial charge in [-0.3, -0.25) is 4.79 Å². The average molecular weight is 318 g/mol. The number of halogens is 2. The molecule has 0 aliphatic carbocycles. The molecule has 0 spiro atoms. The van der Waals surface area contributed by atoms with Gasteiger partial charge in [0, 0.05) is 24.0 Å². The zero-order chi connectivity index (χ0) is 13.0. The standard InChI is InChI=1S/C12H12ClN3OS.ClH/c13-9-4-2-1-3-8(9)12-16-10(7-18-12)11(17)15-6-5-14;/h1-4,7H,5-6,14H2,(H,15,17);1H. The van der Waals surface area contributed by atoms with E-state index < -0.39 is 0 Å². The van der Waals surface area contributed by atoms with Gasteiger partial charge in [0.05, 0.1) is 5.02 Å². The van der Waals surface area contributed by atoms with Crippen molar-refractivity contribution in [1.82, 2.24) is 10.3 Å². The van der Waals surface area contributed by atoms with Gasteiger partial charge in [-0.15, -0.1) is 23.7 Å². The van der Waals surface area contributed by atoms with Gasteiger partial charge >= 0.3 is 0 Å². The van der Waals surface area contributed by atoms with E-state index in [1.165, 1.54) is 11.3 Å². The van der Waals surface area contributed by atoms with E-state index in [1.54, 1.807) is 11.4 Å². The van der Waals surface area contributed by atoms with Crippen LogP contribution < -0.4 is 11.1 Å². The molecule has 1 aromatic heterocycles. The Kier molecular flexibility index (Phi) is 6.24. The summed E-state index contributed by atoms with van der Waals surface area (Å²) >= 11 is 7.47. The fraction of sp³-hybridized carbons (Fsp3) is 0.167. The summed E-state index contributed by atoms with van der Waals surface area (Å²) in [5.74, 6) is -0.213. The molecule has 2 rings (SSSR count). The zero-order valence-electron chi connectivity index (χ0n) is 9.93. The summed E-state index contributed by atoms with van der Waals surface area (Å²) in [5, 5.41) is 5.75. The Labute approximate surface area is 126 Å². The fourth-order valence-corrected chi connectivity index (χ4v) is 2.53. The molecule has 1 aromatic carbocycles. The SMILES string of the molecule is Cl.NCCNC(=O)c1csc(-c2ccccc2Cl)n1. The van der Waals surface area contributed by atoms with Crippen molar-refractivity contribution in [3.63, 3.8) is 0 Å². The number of aromatic nitrogens is 1. The van der Waals surface area contributed by atoms with E-state index in [1.807, 2.05) is 18.2 Å². The van der Waals surface area contributed by atoms with Crippen LogP contribution >= 0.6 is 35.3 Å². The molecule has 0 saturated carbocycles. The number of thiazole rings is 1. The van der Waals surface area contributed by atoms with E-state index in [-0.39, 0.29) is 18.3 Å². The van der Waals surface area contributed by atoms with Gasteiger partial charge in [-0.1, -0.05) is 29.8 Å². The lowest BCUT2D eigenvalue weighted by molar-refractivity contribution is 0.0950. The fourth-order valence-electron chi connectivity index (χ4n) is 1.41. The van der Waals surface area contributed by atoms with E-state index in [0.29, 0.717) is 23.8 Å². The predicted octanol–water partition coefficient (Wildman–Crippen LogP) is 2.57. The van der Waals surface area contributed by atoms with Gasteiger partial charge in [0.2, 0.25) is 0 Å². The number of benzene rings is 1. The van der Waals surface area contributed by atoms with Crippen LogP contribution in [0.15, 0.2) is 29.6 Å². The molecule has 4 nitrogen and oxygen atoms in total. The van der Waals surface area contributed by atoms with Gasteiger partial charge in [0.15, 0.2) is 0 Å².